The first kappa shape index (κ1) is 24.3. The second-order valence-electron chi connectivity index (χ2n) is 9.14. The molecule has 4 aromatic carbocycles. The van der Waals surface area contributed by atoms with Gasteiger partial charge in [-0.05, 0) is 23.8 Å². The summed E-state index contributed by atoms with van der Waals surface area (Å²) in [6.07, 6.45) is 0. The molecule has 2 heterocycles. The molecule has 2 aliphatic heterocycles. The van der Waals surface area contributed by atoms with Gasteiger partial charge in [-0.1, -0.05) is 96.7 Å². The molecule has 0 aromatic heterocycles. The quantitative estimate of drug-likeness (QED) is 0.239. The van der Waals surface area contributed by atoms with Gasteiger partial charge in [-0.25, -0.2) is 0 Å². The molecule has 0 radical (unpaired) electrons. The van der Waals surface area contributed by atoms with Gasteiger partial charge < -0.3 is 23.7 Å². The van der Waals surface area contributed by atoms with E-state index < -0.39 is 7.14 Å². The van der Waals surface area contributed by atoms with Crippen molar-refractivity contribution in [2.75, 3.05) is 33.1 Å². The van der Waals surface area contributed by atoms with Gasteiger partial charge in [-0.2, -0.15) is 0 Å². The van der Waals surface area contributed by atoms with Gasteiger partial charge in [0.2, 0.25) is 6.79 Å². The molecule has 6 heteroatoms. The van der Waals surface area contributed by atoms with E-state index in [-0.39, 0.29) is 6.79 Å². The van der Waals surface area contributed by atoms with Gasteiger partial charge in [0.05, 0.1) is 24.2 Å². The molecule has 0 N–H and O–H groups in total. The molecule has 0 saturated carbocycles. The van der Waals surface area contributed by atoms with Crippen molar-refractivity contribution in [1.82, 2.24) is 4.90 Å². The van der Waals surface area contributed by atoms with Crippen molar-refractivity contribution in [2.45, 2.75) is 0 Å². The van der Waals surface area contributed by atoms with Gasteiger partial charge in [0, 0.05) is 29.3 Å². The number of hydrogen-bond acceptors (Lipinski definition) is 5. The number of ether oxygens (including phenoxy) is 3. The van der Waals surface area contributed by atoms with Gasteiger partial charge in [0.15, 0.2) is 18.6 Å². The topological polar surface area (TPSA) is 48.0 Å². The summed E-state index contributed by atoms with van der Waals surface area (Å²) >= 11 is 0. The predicted octanol–water partition coefficient (Wildman–Crippen LogP) is 5.74. The summed E-state index contributed by atoms with van der Waals surface area (Å²) in [6, 6.07) is 35.4. The highest BCUT2D eigenvalue weighted by Gasteiger charge is 2.34. The van der Waals surface area contributed by atoms with E-state index >= 15 is 4.57 Å². The Morgan fingerprint density at radius 2 is 1.26 bits per heavy atom. The lowest BCUT2D eigenvalue weighted by Crippen LogP contribution is -2.34. The molecular formula is C32H28NO4P. The molecule has 4 aromatic rings. The molecule has 0 spiro atoms. The maximum Gasteiger partial charge on any atom is 0.231 e. The van der Waals surface area contributed by atoms with Crippen molar-refractivity contribution in [2.24, 2.45) is 0 Å². The van der Waals surface area contributed by atoms with Crippen LogP contribution in [-0.4, -0.2) is 38.0 Å². The third kappa shape index (κ3) is 4.68. The van der Waals surface area contributed by atoms with Crippen LogP contribution in [0.3, 0.4) is 0 Å². The third-order valence-electron chi connectivity index (χ3n) is 6.81. The van der Waals surface area contributed by atoms with Crippen LogP contribution in [0.5, 0.6) is 11.5 Å². The largest absolute Gasteiger partial charge is 0.454 e. The molecule has 0 atom stereocenters. The van der Waals surface area contributed by atoms with Crippen LogP contribution in [0.1, 0.15) is 11.1 Å². The zero-order valence-electron chi connectivity index (χ0n) is 21.0. The highest BCUT2D eigenvalue weighted by atomic mass is 31.2. The molecular weight excluding hydrogens is 493 g/mol. The monoisotopic (exact) mass is 521 g/mol. The van der Waals surface area contributed by atoms with Crippen molar-refractivity contribution in [3.8, 4) is 11.5 Å². The summed E-state index contributed by atoms with van der Waals surface area (Å²) in [4.78, 5) is 2.27. The number of morpholine rings is 1. The summed E-state index contributed by atoms with van der Waals surface area (Å²) in [6.45, 7) is 2.89. The molecule has 6 rings (SSSR count). The summed E-state index contributed by atoms with van der Waals surface area (Å²) < 4.78 is 32.6. The van der Waals surface area contributed by atoms with Crippen molar-refractivity contribution in [3.63, 3.8) is 0 Å². The van der Waals surface area contributed by atoms with Crippen LogP contribution in [0, 0.1) is 0 Å². The third-order valence-corrected chi connectivity index (χ3v) is 9.86. The van der Waals surface area contributed by atoms with Crippen molar-refractivity contribution >= 4 is 28.8 Å². The lowest BCUT2D eigenvalue weighted by molar-refractivity contribution is 0.0640. The first-order chi connectivity index (χ1) is 18.7. The lowest BCUT2D eigenvalue weighted by Gasteiger charge is -2.30. The van der Waals surface area contributed by atoms with Crippen LogP contribution < -0.4 is 20.1 Å². The van der Waals surface area contributed by atoms with Gasteiger partial charge in [0.1, 0.15) is 0 Å². The minimum atomic E-state index is -3.38. The van der Waals surface area contributed by atoms with Gasteiger partial charge in [-0.3, -0.25) is 0 Å². The standard InChI is InChI=1S/C32H28NO4P/c34-38(27-12-6-2-7-13-27,28-14-8-3-9-15-28)32(26-16-17-30-31(22-26)37-24-36-30)23-29(25-10-4-1-5-11-25)33-18-20-35-21-19-33/h1-17,22H,18-21,24H2. The second kappa shape index (κ2) is 10.8. The normalized spacial score (nSPS) is 14.6. The van der Waals surface area contributed by atoms with E-state index in [2.05, 4.69) is 22.8 Å². The predicted molar refractivity (Wildman–Crippen MR) is 151 cm³/mol. The fourth-order valence-corrected chi connectivity index (χ4v) is 7.65. The highest BCUT2D eigenvalue weighted by Crippen LogP contribution is 2.57. The zero-order chi connectivity index (χ0) is 25.8. The van der Waals surface area contributed by atoms with Gasteiger partial charge in [-0.15, -0.1) is 0 Å². The Labute approximate surface area is 223 Å². The second-order valence-corrected chi connectivity index (χ2v) is 11.8. The smallest absolute Gasteiger partial charge is 0.231 e. The molecule has 1 fully saturated rings. The Kier molecular flexibility index (Phi) is 6.90. The Hall–Kier alpha value is -4.01. The van der Waals surface area contributed by atoms with Gasteiger partial charge in [0.25, 0.3) is 0 Å². The van der Waals surface area contributed by atoms with E-state index in [0.717, 1.165) is 40.5 Å². The van der Waals surface area contributed by atoms with Crippen LogP contribution in [-0.2, 0) is 9.30 Å². The summed E-state index contributed by atoms with van der Waals surface area (Å²) in [5.41, 5.74) is 6.42. The average molecular weight is 522 g/mol. The van der Waals surface area contributed by atoms with E-state index in [1.54, 1.807) is 0 Å². The van der Waals surface area contributed by atoms with Crippen molar-refractivity contribution in [3.05, 3.63) is 126 Å². The lowest BCUT2D eigenvalue weighted by atomic mass is 10.1. The number of nitrogens with zero attached hydrogens (tertiary/aromatic N) is 1. The Morgan fingerprint density at radius 1 is 0.684 bits per heavy atom. The molecule has 1 saturated heterocycles. The van der Waals surface area contributed by atoms with Crippen molar-refractivity contribution < 1.29 is 18.8 Å². The number of hydrogen-bond donors (Lipinski definition) is 0. The van der Waals surface area contributed by atoms with E-state index in [9.17, 15) is 0 Å². The molecule has 190 valence electrons. The molecule has 2 aliphatic rings. The van der Waals surface area contributed by atoms with Crippen LogP contribution in [0.25, 0.3) is 11.0 Å². The minimum absolute atomic E-state index is 0.172. The molecule has 0 aliphatic carbocycles. The molecule has 0 bridgehead atoms. The molecule has 38 heavy (non-hydrogen) atoms. The maximum atomic E-state index is 15.6. The van der Waals surface area contributed by atoms with E-state index in [1.807, 2.05) is 97.1 Å². The Balaban J connectivity index is 1.70. The summed E-state index contributed by atoms with van der Waals surface area (Å²) in [5, 5.41) is 2.13. The van der Waals surface area contributed by atoms with Crippen LogP contribution in [0.4, 0.5) is 0 Å². The first-order valence-electron chi connectivity index (χ1n) is 12.7. The van der Waals surface area contributed by atoms with Crippen LogP contribution in [0.15, 0.2) is 115 Å². The summed E-state index contributed by atoms with van der Waals surface area (Å²) in [7, 11) is -3.38. The molecule has 5 nitrogen and oxygen atoms in total. The first-order valence-corrected chi connectivity index (χ1v) is 14.4. The molecule has 0 unspecified atom stereocenters. The van der Waals surface area contributed by atoms with Crippen LogP contribution >= 0.6 is 7.14 Å². The fourth-order valence-electron chi connectivity index (χ4n) is 4.89. The van der Waals surface area contributed by atoms with E-state index in [4.69, 9.17) is 14.2 Å². The van der Waals surface area contributed by atoms with E-state index in [1.165, 1.54) is 0 Å². The number of fused-ring (bicyclic) bond motifs is 1. The number of rotatable bonds is 6. The highest BCUT2D eigenvalue weighted by molar-refractivity contribution is 7.87. The maximum absolute atomic E-state index is 15.6. The van der Waals surface area contributed by atoms with E-state index in [0.29, 0.717) is 30.0 Å². The van der Waals surface area contributed by atoms with Gasteiger partial charge >= 0.3 is 0 Å². The zero-order valence-corrected chi connectivity index (χ0v) is 21.8. The average Bonchev–Trinajstić information content (AvgIpc) is 3.47. The summed E-state index contributed by atoms with van der Waals surface area (Å²) in [5.74, 6) is 1.32. The Bertz CT molecular complexity index is 1480. The molecule has 0 amide bonds. The van der Waals surface area contributed by atoms with Crippen molar-refractivity contribution in [1.29, 1.82) is 0 Å². The SMILES string of the molecule is O=P(C(=C=C(c1ccccc1)N1CCOCC1)c1ccc2c(c1)OCO2)(c1ccccc1)c1ccccc1. The minimum Gasteiger partial charge on any atom is -0.454 e. The fraction of sp³-hybridized carbons (Fsp3) is 0.156. The number of benzene rings is 4. The Morgan fingerprint density at radius 3 is 1.89 bits per heavy atom. The van der Waals surface area contributed by atoms with Crippen LogP contribution in [0.2, 0.25) is 0 Å².